The molecule has 0 radical (unpaired) electrons. The molecule has 1 aliphatic heterocycles. The second-order valence-corrected chi connectivity index (χ2v) is 7.99. The molecule has 0 bridgehead atoms. The van der Waals surface area contributed by atoms with E-state index in [1.165, 1.54) is 12.1 Å². The van der Waals surface area contributed by atoms with Gasteiger partial charge < -0.3 is 15.1 Å². The number of anilines is 1. The molecular formula is C24H21N5O4. The quantitative estimate of drug-likeness (QED) is 0.273. The Morgan fingerprint density at radius 2 is 1.79 bits per heavy atom. The van der Waals surface area contributed by atoms with Crippen LogP contribution in [-0.2, 0) is 19.5 Å². The maximum absolute atomic E-state index is 12.8. The molecule has 4 aromatic rings. The Kier molecular flexibility index (Phi) is 5.23. The minimum atomic E-state index is -0.430. The molecule has 166 valence electrons. The van der Waals surface area contributed by atoms with Crippen molar-refractivity contribution in [3.63, 3.8) is 0 Å². The minimum Gasteiger partial charge on any atom is -0.460 e. The van der Waals surface area contributed by atoms with Crippen molar-refractivity contribution in [1.82, 2.24) is 14.9 Å². The van der Waals surface area contributed by atoms with Crippen LogP contribution in [0, 0.1) is 10.1 Å². The van der Waals surface area contributed by atoms with Crippen LogP contribution in [0.2, 0.25) is 0 Å². The molecule has 5 rings (SSSR count). The van der Waals surface area contributed by atoms with Crippen molar-refractivity contribution in [1.29, 1.82) is 0 Å². The van der Waals surface area contributed by atoms with Crippen LogP contribution in [0.25, 0.3) is 22.7 Å². The van der Waals surface area contributed by atoms with Crippen molar-refractivity contribution >= 4 is 11.4 Å². The van der Waals surface area contributed by atoms with Crippen molar-refractivity contribution < 1.29 is 9.34 Å². The number of hydrogen-bond donors (Lipinski definition) is 2. The van der Waals surface area contributed by atoms with Crippen LogP contribution < -0.4 is 11.3 Å². The van der Waals surface area contributed by atoms with E-state index in [0.29, 0.717) is 42.3 Å². The molecule has 0 amide bonds. The van der Waals surface area contributed by atoms with E-state index in [2.05, 4.69) is 14.9 Å². The normalized spacial score (nSPS) is 13.6. The summed E-state index contributed by atoms with van der Waals surface area (Å²) in [4.78, 5) is 32.9. The summed E-state index contributed by atoms with van der Waals surface area (Å²) in [5, 5.41) is 10.8. The predicted molar refractivity (Wildman–Crippen MR) is 123 cm³/mol. The van der Waals surface area contributed by atoms with Gasteiger partial charge in [-0.2, -0.15) is 0 Å². The largest absolute Gasteiger partial charge is 0.460 e. The summed E-state index contributed by atoms with van der Waals surface area (Å²) >= 11 is 0. The fourth-order valence-corrected chi connectivity index (χ4v) is 3.98. The molecule has 33 heavy (non-hydrogen) atoms. The number of nitrogens with zero attached hydrogens (tertiary/aromatic N) is 3. The fraction of sp³-hybridized carbons (Fsp3) is 0.167. The highest BCUT2D eigenvalue weighted by atomic mass is 16.6. The second kappa shape index (κ2) is 8.36. The number of furan rings is 1. The number of nitro benzene ring substituents is 1. The van der Waals surface area contributed by atoms with Crippen molar-refractivity contribution in [3.8, 4) is 22.7 Å². The number of benzene rings is 2. The van der Waals surface area contributed by atoms with E-state index < -0.39 is 4.92 Å². The summed E-state index contributed by atoms with van der Waals surface area (Å²) < 4.78 is 5.95. The molecule has 0 aliphatic carbocycles. The third kappa shape index (κ3) is 4.26. The summed E-state index contributed by atoms with van der Waals surface area (Å²) in [5.74, 6) is 1.95. The van der Waals surface area contributed by atoms with Gasteiger partial charge in [0.25, 0.3) is 11.2 Å². The average Bonchev–Trinajstić information content (AvgIpc) is 3.28. The molecule has 3 heterocycles. The summed E-state index contributed by atoms with van der Waals surface area (Å²) in [6.07, 6.45) is 0.664. The number of nitrogens with one attached hydrogen (secondary N) is 1. The van der Waals surface area contributed by atoms with Crippen LogP contribution in [0.15, 0.2) is 69.9 Å². The lowest BCUT2D eigenvalue weighted by Crippen LogP contribution is -2.35. The first-order valence-corrected chi connectivity index (χ1v) is 10.5. The second-order valence-electron chi connectivity index (χ2n) is 7.99. The Balaban J connectivity index is 1.30. The minimum absolute atomic E-state index is 0.0379. The number of hydrogen-bond acceptors (Lipinski definition) is 7. The van der Waals surface area contributed by atoms with E-state index in [1.807, 2.05) is 24.3 Å². The van der Waals surface area contributed by atoms with Crippen LogP contribution in [0.4, 0.5) is 11.4 Å². The maximum atomic E-state index is 12.8. The van der Waals surface area contributed by atoms with E-state index in [-0.39, 0.29) is 11.2 Å². The summed E-state index contributed by atoms with van der Waals surface area (Å²) in [6, 6.07) is 17.2. The Hall–Kier alpha value is -4.24. The van der Waals surface area contributed by atoms with Crippen molar-refractivity contribution in [2.75, 3.05) is 12.3 Å². The van der Waals surface area contributed by atoms with Gasteiger partial charge in [-0.15, -0.1) is 0 Å². The van der Waals surface area contributed by atoms with E-state index >= 15 is 0 Å². The Morgan fingerprint density at radius 3 is 2.52 bits per heavy atom. The van der Waals surface area contributed by atoms with E-state index in [0.717, 1.165) is 29.1 Å². The number of rotatable bonds is 5. The van der Waals surface area contributed by atoms with Gasteiger partial charge >= 0.3 is 0 Å². The zero-order valence-corrected chi connectivity index (χ0v) is 17.7. The summed E-state index contributed by atoms with van der Waals surface area (Å²) in [7, 11) is 0. The third-order valence-corrected chi connectivity index (χ3v) is 5.74. The van der Waals surface area contributed by atoms with Gasteiger partial charge in [0, 0.05) is 48.5 Å². The summed E-state index contributed by atoms with van der Waals surface area (Å²) in [5.41, 5.74) is 9.38. The van der Waals surface area contributed by atoms with Crippen LogP contribution in [0.3, 0.4) is 0 Å². The highest BCUT2D eigenvalue weighted by Crippen LogP contribution is 2.26. The lowest BCUT2D eigenvalue weighted by Gasteiger charge is -2.26. The molecule has 9 nitrogen and oxygen atoms in total. The molecule has 2 aromatic carbocycles. The van der Waals surface area contributed by atoms with Gasteiger partial charge in [-0.1, -0.05) is 0 Å². The lowest BCUT2D eigenvalue weighted by molar-refractivity contribution is -0.384. The number of non-ortho nitro benzene ring substituents is 1. The molecule has 9 heteroatoms. The van der Waals surface area contributed by atoms with Gasteiger partial charge in [0.2, 0.25) is 0 Å². The molecule has 0 unspecified atom stereocenters. The van der Waals surface area contributed by atoms with E-state index in [1.54, 1.807) is 24.3 Å². The first-order valence-electron chi connectivity index (χ1n) is 10.5. The van der Waals surface area contributed by atoms with Crippen LogP contribution in [0.1, 0.15) is 17.0 Å². The third-order valence-electron chi connectivity index (χ3n) is 5.74. The number of H-pyrrole nitrogens is 1. The van der Waals surface area contributed by atoms with Crippen LogP contribution in [0.5, 0.6) is 0 Å². The monoisotopic (exact) mass is 443 g/mol. The van der Waals surface area contributed by atoms with Gasteiger partial charge in [-0.25, -0.2) is 4.98 Å². The Labute approximate surface area is 188 Å². The average molecular weight is 443 g/mol. The van der Waals surface area contributed by atoms with Gasteiger partial charge in [0.05, 0.1) is 22.7 Å². The van der Waals surface area contributed by atoms with Gasteiger partial charge in [0.15, 0.2) is 0 Å². The molecule has 0 atom stereocenters. The summed E-state index contributed by atoms with van der Waals surface area (Å²) in [6.45, 7) is 1.77. The van der Waals surface area contributed by atoms with Gasteiger partial charge in [0.1, 0.15) is 17.3 Å². The molecule has 1 aliphatic rings. The Bertz CT molecular complexity index is 1370. The van der Waals surface area contributed by atoms with Crippen molar-refractivity contribution in [2.45, 2.75) is 19.5 Å². The first kappa shape index (κ1) is 20.7. The van der Waals surface area contributed by atoms with Crippen LogP contribution >= 0.6 is 0 Å². The maximum Gasteiger partial charge on any atom is 0.269 e. The highest BCUT2D eigenvalue weighted by molar-refractivity contribution is 5.60. The number of nitro groups is 1. The number of aromatic nitrogens is 2. The number of fused-ring (bicyclic) bond motifs is 1. The SMILES string of the molecule is Nc1ccc(-c2nc3c(c(=O)[nH]2)CN(Cc2ccc(-c4ccc([N+](=O)[O-])cc4)o2)CC3)cc1. The fourth-order valence-electron chi connectivity index (χ4n) is 3.98. The van der Waals surface area contributed by atoms with Gasteiger partial charge in [-0.3, -0.25) is 19.8 Å². The number of aromatic amines is 1. The molecule has 3 N–H and O–H groups in total. The topological polar surface area (TPSA) is 131 Å². The molecule has 0 fully saturated rings. The smallest absolute Gasteiger partial charge is 0.269 e. The molecule has 0 saturated carbocycles. The zero-order valence-electron chi connectivity index (χ0n) is 17.7. The molecule has 0 spiro atoms. The van der Waals surface area contributed by atoms with E-state index in [4.69, 9.17) is 10.2 Å². The number of nitrogen functional groups attached to an aromatic ring is 1. The molecule has 0 saturated heterocycles. The Morgan fingerprint density at radius 1 is 1.06 bits per heavy atom. The molecule has 2 aromatic heterocycles. The molecular weight excluding hydrogens is 422 g/mol. The zero-order chi connectivity index (χ0) is 22.9. The highest BCUT2D eigenvalue weighted by Gasteiger charge is 2.22. The predicted octanol–water partition coefficient (Wildman–Crippen LogP) is 3.75. The lowest BCUT2D eigenvalue weighted by atomic mass is 10.1. The van der Waals surface area contributed by atoms with Crippen molar-refractivity contribution in [3.05, 3.63) is 98.1 Å². The van der Waals surface area contributed by atoms with Crippen molar-refractivity contribution in [2.24, 2.45) is 0 Å². The first-order chi connectivity index (χ1) is 16.0. The van der Waals surface area contributed by atoms with E-state index in [9.17, 15) is 14.9 Å². The standard InChI is InChI=1S/C24H21N5O4/c25-17-5-1-16(2-6-17)23-26-21-11-12-28(14-20(21)24(30)27-23)13-19-9-10-22(33-19)15-3-7-18(8-4-15)29(31)32/h1-10H,11-14,25H2,(H,26,27,30). The van der Waals surface area contributed by atoms with Gasteiger partial charge in [-0.05, 0) is 48.5 Å². The van der Waals surface area contributed by atoms with Crippen LogP contribution in [-0.4, -0.2) is 26.3 Å². The number of nitrogens with two attached hydrogens (primary N) is 1.